The largest absolute Gasteiger partial charge is 0.361 e. The van der Waals surface area contributed by atoms with Gasteiger partial charge in [0.2, 0.25) is 0 Å². The van der Waals surface area contributed by atoms with E-state index in [0.29, 0.717) is 6.04 Å². The van der Waals surface area contributed by atoms with Crippen molar-refractivity contribution in [3.05, 3.63) is 29.7 Å². The molecule has 0 fully saturated rings. The highest BCUT2D eigenvalue weighted by Gasteiger charge is 2.10. The summed E-state index contributed by atoms with van der Waals surface area (Å²) in [6.07, 6.45) is 3.26. The number of aryl methyl sites for hydroxylation is 2. The van der Waals surface area contributed by atoms with Crippen molar-refractivity contribution >= 4 is 0 Å². The van der Waals surface area contributed by atoms with Crippen LogP contribution in [0.1, 0.15) is 23.9 Å². The van der Waals surface area contributed by atoms with Gasteiger partial charge in [-0.1, -0.05) is 5.16 Å². The highest BCUT2D eigenvalue weighted by Crippen LogP contribution is 2.11. The summed E-state index contributed by atoms with van der Waals surface area (Å²) in [7, 11) is 0. The molecule has 0 aliphatic heterocycles. The lowest BCUT2D eigenvalue weighted by Crippen LogP contribution is -2.30. The minimum absolute atomic E-state index is 0.311. The van der Waals surface area contributed by atoms with Crippen LogP contribution in [0.2, 0.25) is 0 Å². The van der Waals surface area contributed by atoms with Gasteiger partial charge >= 0.3 is 0 Å². The number of hydrogen-bond acceptors (Lipinski definition) is 5. The van der Waals surface area contributed by atoms with E-state index in [9.17, 15) is 0 Å². The highest BCUT2D eigenvalue weighted by atomic mass is 16.5. The number of aromatic nitrogens is 4. The fraction of sp³-hybridized carbons (Fsp3) is 0.545. The maximum Gasteiger partial charge on any atom is 0.138 e. The Labute approximate surface area is 100 Å². The summed E-state index contributed by atoms with van der Waals surface area (Å²) in [5.41, 5.74) is 2.08. The average molecular weight is 235 g/mol. The Balaban J connectivity index is 1.86. The zero-order valence-corrected chi connectivity index (χ0v) is 10.3. The summed E-state index contributed by atoms with van der Waals surface area (Å²) in [5, 5.41) is 11.4. The fourth-order valence-corrected chi connectivity index (χ4v) is 1.70. The molecule has 1 N–H and O–H groups in total. The molecule has 1 atom stereocenters. The fourth-order valence-electron chi connectivity index (χ4n) is 1.70. The predicted octanol–water partition coefficient (Wildman–Crippen LogP) is 1.06. The van der Waals surface area contributed by atoms with Crippen LogP contribution in [0.15, 0.2) is 17.2 Å². The minimum atomic E-state index is 0.311. The second-order valence-electron chi connectivity index (χ2n) is 4.20. The van der Waals surface area contributed by atoms with Gasteiger partial charge in [0.05, 0.1) is 12.2 Å². The van der Waals surface area contributed by atoms with E-state index < -0.39 is 0 Å². The Kier molecular flexibility index (Phi) is 3.53. The first-order valence-electron chi connectivity index (χ1n) is 5.64. The van der Waals surface area contributed by atoms with Crippen LogP contribution in [-0.4, -0.2) is 26.0 Å². The van der Waals surface area contributed by atoms with Gasteiger partial charge in [-0.3, -0.25) is 4.68 Å². The molecular formula is C11H17N5O. The van der Waals surface area contributed by atoms with Crippen molar-refractivity contribution in [2.75, 3.05) is 0 Å². The standard InChI is InChI=1S/C11H17N5O/c1-8(5-16-7-12-6-14-16)13-4-11-9(2)15-17-10(11)3/h6-8,13H,4-5H2,1-3H3. The topological polar surface area (TPSA) is 68.8 Å². The Bertz CT molecular complexity index is 443. The second kappa shape index (κ2) is 5.09. The number of nitrogens with one attached hydrogen (secondary N) is 1. The van der Waals surface area contributed by atoms with Crippen LogP contribution in [-0.2, 0) is 13.1 Å². The molecule has 1 unspecified atom stereocenters. The lowest BCUT2D eigenvalue weighted by molar-refractivity contribution is 0.390. The van der Waals surface area contributed by atoms with Crippen LogP contribution in [0.25, 0.3) is 0 Å². The van der Waals surface area contributed by atoms with Crippen LogP contribution in [0.3, 0.4) is 0 Å². The molecule has 92 valence electrons. The lowest BCUT2D eigenvalue weighted by atomic mass is 10.2. The molecule has 0 radical (unpaired) electrons. The summed E-state index contributed by atoms with van der Waals surface area (Å²) in [5.74, 6) is 0.878. The van der Waals surface area contributed by atoms with Crippen molar-refractivity contribution in [3.8, 4) is 0 Å². The van der Waals surface area contributed by atoms with E-state index in [1.807, 2.05) is 18.5 Å². The van der Waals surface area contributed by atoms with E-state index in [1.165, 1.54) is 0 Å². The third kappa shape index (κ3) is 2.91. The molecule has 0 amide bonds. The second-order valence-corrected chi connectivity index (χ2v) is 4.20. The van der Waals surface area contributed by atoms with E-state index in [1.54, 1.807) is 12.7 Å². The van der Waals surface area contributed by atoms with Crippen molar-refractivity contribution in [1.29, 1.82) is 0 Å². The van der Waals surface area contributed by atoms with Crippen LogP contribution in [0.5, 0.6) is 0 Å². The highest BCUT2D eigenvalue weighted by molar-refractivity contribution is 5.20. The van der Waals surface area contributed by atoms with Gasteiger partial charge in [-0.2, -0.15) is 5.10 Å². The molecule has 0 saturated carbocycles. The zero-order chi connectivity index (χ0) is 12.3. The molecule has 6 nitrogen and oxygen atoms in total. The van der Waals surface area contributed by atoms with Crippen molar-refractivity contribution in [1.82, 2.24) is 25.2 Å². The first kappa shape index (κ1) is 11.8. The number of hydrogen-bond donors (Lipinski definition) is 1. The average Bonchev–Trinajstić information content (AvgIpc) is 2.88. The lowest BCUT2D eigenvalue weighted by Gasteiger charge is -2.13. The Morgan fingerprint density at radius 1 is 1.47 bits per heavy atom. The molecule has 2 aromatic heterocycles. The van der Waals surface area contributed by atoms with Crippen LogP contribution in [0.4, 0.5) is 0 Å². The monoisotopic (exact) mass is 235 g/mol. The third-order valence-corrected chi connectivity index (χ3v) is 2.74. The van der Waals surface area contributed by atoms with Gasteiger partial charge in [0.15, 0.2) is 0 Å². The zero-order valence-electron chi connectivity index (χ0n) is 10.3. The molecule has 17 heavy (non-hydrogen) atoms. The molecule has 0 aliphatic carbocycles. The van der Waals surface area contributed by atoms with Gasteiger partial charge in [0.25, 0.3) is 0 Å². The van der Waals surface area contributed by atoms with Crippen molar-refractivity contribution in [3.63, 3.8) is 0 Å². The van der Waals surface area contributed by atoms with Gasteiger partial charge in [0, 0.05) is 18.2 Å². The number of rotatable bonds is 5. The Hall–Kier alpha value is -1.69. The summed E-state index contributed by atoms with van der Waals surface area (Å²) in [4.78, 5) is 3.91. The molecule has 0 saturated heterocycles. The van der Waals surface area contributed by atoms with Crippen molar-refractivity contribution < 1.29 is 4.52 Å². The van der Waals surface area contributed by atoms with Crippen LogP contribution >= 0.6 is 0 Å². The normalized spacial score (nSPS) is 12.9. The minimum Gasteiger partial charge on any atom is -0.361 e. The quantitative estimate of drug-likeness (QED) is 0.839. The van der Waals surface area contributed by atoms with Gasteiger partial charge in [-0.05, 0) is 20.8 Å². The molecule has 2 heterocycles. The molecular weight excluding hydrogens is 218 g/mol. The van der Waals surface area contributed by atoms with Gasteiger partial charge in [-0.25, -0.2) is 4.98 Å². The van der Waals surface area contributed by atoms with Gasteiger partial charge < -0.3 is 9.84 Å². The smallest absolute Gasteiger partial charge is 0.138 e. The molecule has 0 aliphatic rings. The molecule has 0 bridgehead atoms. The molecule has 0 aromatic carbocycles. The van der Waals surface area contributed by atoms with E-state index in [4.69, 9.17) is 4.52 Å². The van der Waals surface area contributed by atoms with Crippen molar-refractivity contribution in [2.45, 2.75) is 39.9 Å². The van der Waals surface area contributed by atoms with Crippen LogP contribution < -0.4 is 5.32 Å². The van der Waals surface area contributed by atoms with E-state index in [2.05, 4.69) is 27.5 Å². The SMILES string of the molecule is Cc1noc(C)c1CNC(C)Cn1cncn1. The van der Waals surface area contributed by atoms with Gasteiger partial charge in [0.1, 0.15) is 18.4 Å². The van der Waals surface area contributed by atoms with E-state index in [-0.39, 0.29) is 0 Å². The molecule has 2 rings (SSSR count). The Morgan fingerprint density at radius 3 is 2.88 bits per heavy atom. The first-order valence-corrected chi connectivity index (χ1v) is 5.64. The summed E-state index contributed by atoms with van der Waals surface area (Å²) in [6.45, 7) is 7.55. The summed E-state index contributed by atoms with van der Waals surface area (Å²) in [6, 6.07) is 0.311. The predicted molar refractivity (Wildman–Crippen MR) is 62.3 cm³/mol. The van der Waals surface area contributed by atoms with E-state index in [0.717, 1.165) is 30.1 Å². The maximum absolute atomic E-state index is 5.12. The van der Waals surface area contributed by atoms with Crippen LogP contribution in [0, 0.1) is 13.8 Å². The molecule has 0 spiro atoms. The first-order chi connectivity index (χ1) is 8.16. The summed E-state index contributed by atoms with van der Waals surface area (Å²) >= 11 is 0. The van der Waals surface area contributed by atoms with Crippen molar-refractivity contribution in [2.24, 2.45) is 0 Å². The maximum atomic E-state index is 5.12. The van der Waals surface area contributed by atoms with Gasteiger partial charge in [-0.15, -0.1) is 0 Å². The Morgan fingerprint density at radius 2 is 2.29 bits per heavy atom. The molecule has 2 aromatic rings. The number of nitrogens with zero attached hydrogens (tertiary/aromatic N) is 4. The third-order valence-electron chi connectivity index (χ3n) is 2.74. The van der Waals surface area contributed by atoms with E-state index >= 15 is 0 Å². The summed E-state index contributed by atoms with van der Waals surface area (Å²) < 4.78 is 6.93. The molecule has 6 heteroatoms.